The first-order chi connectivity index (χ1) is 21.0. The Kier molecular flexibility index (Phi) is 8.37. The Morgan fingerprint density at radius 1 is 1.07 bits per heavy atom. The van der Waals surface area contributed by atoms with Crippen molar-refractivity contribution in [2.24, 2.45) is 0 Å². The van der Waals surface area contributed by atoms with Crippen LogP contribution < -0.4 is 4.74 Å². The van der Waals surface area contributed by atoms with E-state index in [0.29, 0.717) is 25.1 Å². The molecule has 1 saturated heterocycles. The molecule has 2 bridgehead atoms. The second-order valence-electron chi connectivity index (χ2n) is 13.5. The zero-order valence-electron chi connectivity index (χ0n) is 26.8. The highest BCUT2D eigenvalue weighted by Gasteiger charge is 2.71. The first-order valence-electron chi connectivity index (χ1n) is 15.2. The molecule has 12 heteroatoms. The van der Waals surface area contributed by atoms with E-state index in [1.54, 1.807) is 26.8 Å². The third-order valence-corrected chi connectivity index (χ3v) is 9.13. The molecule has 2 aliphatic heterocycles. The lowest BCUT2D eigenvalue weighted by Crippen LogP contribution is -2.74. The van der Waals surface area contributed by atoms with Crippen molar-refractivity contribution in [3.63, 3.8) is 0 Å². The molecule has 45 heavy (non-hydrogen) atoms. The van der Waals surface area contributed by atoms with Crippen LogP contribution in [0.2, 0.25) is 0 Å². The molecular formula is C33H41NO11. The Labute approximate surface area is 262 Å². The van der Waals surface area contributed by atoms with E-state index in [4.69, 9.17) is 23.7 Å². The van der Waals surface area contributed by atoms with Crippen molar-refractivity contribution in [1.82, 2.24) is 4.90 Å². The van der Waals surface area contributed by atoms with E-state index in [-0.39, 0.29) is 18.2 Å². The monoisotopic (exact) mass is 627 g/mol. The number of ketones is 1. The van der Waals surface area contributed by atoms with Crippen molar-refractivity contribution in [2.75, 3.05) is 13.6 Å². The Bertz CT molecular complexity index is 1480. The van der Waals surface area contributed by atoms with Crippen molar-refractivity contribution in [3.8, 4) is 5.75 Å². The predicted molar refractivity (Wildman–Crippen MR) is 157 cm³/mol. The van der Waals surface area contributed by atoms with Gasteiger partial charge in [-0.25, -0.2) is 9.59 Å². The van der Waals surface area contributed by atoms with Crippen LogP contribution in [0.5, 0.6) is 5.75 Å². The van der Waals surface area contributed by atoms with Crippen molar-refractivity contribution >= 4 is 29.7 Å². The highest BCUT2D eigenvalue weighted by molar-refractivity contribution is 5.89. The number of likely N-dealkylation sites (N-methyl/N-ethyl adjacent to an activating group) is 1. The number of hydrogen-bond acceptors (Lipinski definition) is 12. The highest BCUT2D eigenvalue weighted by atomic mass is 16.6. The summed E-state index contributed by atoms with van der Waals surface area (Å²) in [7, 11) is 1.99. The number of esters is 4. The maximum absolute atomic E-state index is 13.6. The van der Waals surface area contributed by atoms with Crippen molar-refractivity contribution in [1.29, 1.82) is 0 Å². The second-order valence-corrected chi connectivity index (χ2v) is 13.5. The van der Waals surface area contributed by atoms with Crippen LogP contribution in [0.4, 0.5) is 0 Å². The van der Waals surface area contributed by atoms with E-state index < -0.39 is 77.4 Å². The topological polar surface area (TPSA) is 155 Å². The highest BCUT2D eigenvalue weighted by Crippen LogP contribution is 2.64. The third-order valence-electron chi connectivity index (χ3n) is 9.13. The Hall–Kier alpha value is -3.77. The zero-order valence-corrected chi connectivity index (χ0v) is 26.8. The summed E-state index contributed by atoms with van der Waals surface area (Å²) in [6.45, 7) is 9.81. The lowest BCUT2D eigenvalue weighted by atomic mass is 9.50. The first-order valence-corrected chi connectivity index (χ1v) is 15.2. The predicted octanol–water partition coefficient (Wildman–Crippen LogP) is 2.37. The number of nitrogens with zero attached hydrogens (tertiary/aromatic N) is 1. The van der Waals surface area contributed by atoms with E-state index in [9.17, 15) is 29.1 Å². The molecule has 0 saturated carbocycles. The number of aryl methyl sites for hydroxylation is 1. The maximum Gasteiger partial charge on any atom is 0.353 e. The number of Topliss-reactive ketones (excluding diaryl/α,β-unsaturated/α-hetero) is 1. The summed E-state index contributed by atoms with van der Waals surface area (Å²) < 4.78 is 28.0. The van der Waals surface area contributed by atoms with Gasteiger partial charge < -0.3 is 33.7 Å². The fourth-order valence-electron chi connectivity index (χ4n) is 7.33. The second kappa shape index (κ2) is 11.5. The molecule has 2 heterocycles. The standard InChI is InChI=1S/C33H41NO11/c1-17-8-9-20-15-24-33(40)11-10-21(28-32(33,12-13-34(24)7)26(20)27(17)44-28)42-29(38)22(14-18(2)35)43-30(39)23(41-19(3)36)16-25(37)45-31(4,5)6/h8-10,22-24,28,40H,11-16H2,1-7H3/t22-,23-,24+,28-,32-,33+/m0/s1. The number of rotatable bonds is 9. The number of piperidine rings is 1. The molecule has 5 rings (SSSR count). The normalized spacial score (nSPS) is 27.6. The Balaban J connectivity index is 1.41. The number of ether oxygens (including phenoxy) is 5. The molecular weight excluding hydrogens is 586 g/mol. The number of aliphatic hydroxyl groups is 1. The quantitative estimate of drug-likeness (QED) is 0.316. The summed E-state index contributed by atoms with van der Waals surface area (Å²) in [5.41, 5.74) is -0.000228. The van der Waals surface area contributed by atoms with Crippen molar-refractivity contribution in [3.05, 3.63) is 40.7 Å². The van der Waals surface area contributed by atoms with Crippen LogP contribution >= 0.6 is 0 Å². The van der Waals surface area contributed by atoms with E-state index in [2.05, 4.69) is 11.0 Å². The van der Waals surface area contributed by atoms with Gasteiger partial charge in [0.15, 0.2) is 6.10 Å². The molecule has 1 spiro atoms. The van der Waals surface area contributed by atoms with Crippen LogP contribution in [0.15, 0.2) is 24.0 Å². The molecule has 0 radical (unpaired) electrons. The minimum Gasteiger partial charge on any atom is -0.481 e. The third kappa shape index (κ3) is 5.74. The van der Waals surface area contributed by atoms with E-state index in [1.165, 1.54) is 6.92 Å². The molecule has 0 aromatic heterocycles. The van der Waals surface area contributed by atoms with Gasteiger partial charge in [-0.2, -0.15) is 0 Å². The van der Waals surface area contributed by atoms with Crippen LogP contribution in [0, 0.1) is 6.92 Å². The van der Waals surface area contributed by atoms with Gasteiger partial charge in [0.25, 0.3) is 0 Å². The minimum atomic E-state index is -1.71. The number of hydrogen-bond donors (Lipinski definition) is 1. The van der Waals surface area contributed by atoms with Gasteiger partial charge in [0.05, 0.1) is 23.9 Å². The first kappa shape index (κ1) is 32.6. The molecule has 1 aromatic rings. The lowest BCUT2D eigenvalue weighted by molar-refractivity contribution is -0.184. The number of likely N-dealkylation sites (tertiary alicyclic amines) is 1. The van der Waals surface area contributed by atoms with Crippen LogP contribution in [0.3, 0.4) is 0 Å². The molecule has 0 unspecified atom stereocenters. The average Bonchev–Trinajstić information content (AvgIpc) is 3.27. The van der Waals surface area contributed by atoms with Gasteiger partial charge in [0.2, 0.25) is 12.2 Å². The fourth-order valence-corrected chi connectivity index (χ4v) is 7.33. The van der Waals surface area contributed by atoms with E-state index in [1.807, 2.05) is 20.0 Å². The minimum absolute atomic E-state index is 0.159. The summed E-state index contributed by atoms with van der Waals surface area (Å²) in [5, 5.41) is 12.3. The molecule has 1 fully saturated rings. The molecule has 6 atom stereocenters. The number of carbonyl (C=O) groups is 5. The van der Waals surface area contributed by atoms with Gasteiger partial charge in [-0.3, -0.25) is 14.4 Å². The molecule has 4 aliphatic rings. The maximum atomic E-state index is 13.6. The Morgan fingerprint density at radius 3 is 2.40 bits per heavy atom. The molecule has 244 valence electrons. The molecule has 1 N–H and O–H groups in total. The molecule has 12 nitrogen and oxygen atoms in total. The van der Waals surface area contributed by atoms with E-state index >= 15 is 0 Å². The van der Waals surface area contributed by atoms with Gasteiger partial charge in [0.1, 0.15) is 22.9 Å². The van der Waals surface area contributed by atoms with Crippen LogP contribution in [0.1, 0.15) is 77.0 Å². The van der Waals surface area contributed by atoms with Crippen LogP contribution in [0.25, 0.3) is 0 Å². The van der Waals surface area contributed by atoms with Crippen LogP contribution in [-0.2, 0) is 54.8 Å². The molecule has 0 amide bonds. The van der Waals surface area contributed by atoms with Crippen LogP contribution in [-0.4, -0.2) is 88.8 Å². The molecule has 2 aliphatic carbocycles. The van der Waals surface area contributed by atoms with Gasteiger partial charge in [-0.15, -0.1) is 0 Å². The summed E-state index contributed by atoms with van der Waals surface area (Å²) in [6.07, 6.45) is -2.39. The van der Waals surface area contributed by atoms with Crippen molar-refractivity contribution < 1.29 is 52.8 Å². The number of carbonyl (C=O) groups excluding carboxylic acids is 5. The summed E-state index contributed by atoms with van der Waals surface area (Å²) in [6, 6.07) is 3.87. The summed E-state index contributed by atoms with van der Waals surface area (Å²) >= 11 is 0. The zero-order chi connectivity index (χ0) is 33.1. The fraction of sp³-hybridized carbons (Fsp3) is 0.606. The van der Waals surface area contributed by atoms with Gasteiger partial charge in [-0.05, 0) is 78.3 Å². The van der Waals surface area contributed by atoms with Gasteiger partial charge in [0, 0.05) is 24.9 Å². The van der Waals surface area contributed by atoms with Gasteiger partial charge >= 0.3 is 23.9 Å². The summed E-state index contributed by atoms with van der Waals surface area (Å²) in [4.78, 5) is 65.2. The lowest BCUT2D eigenvalue weighted by Gasteiger charge is -2.61. The van der Waals surface area contributed by atoms with Crippen molar-refractivity contribution in [2.45, 2.75) is 115 Å². The SMILES string of the molecule is CC(=O)C[C@H](OC(=O)[C@H](CC(=O)OC(C)(C)C)OC(C)=O)C(=O)OC1=CC[C@@]2(O)[C@H]3Cc4ccc(C)c5c4[C@@]2(CCN3C)[C@H]1O5. The molecule has 1 aromatic carbocycles. The number of benzene rings is 1. The smallest absolute Gasteiger partial charge is 0.353 e. The van der Waals surface area contributed by atoms with Gasteiger partial charge in [-0.1, -0.05) is 12.1 Å². The average molecular weight is 628 g/mol. The van der Waals surface area contributed by atoms with E-state index in [0.717, 1.165) is 23.6 Å². The Morgan fingerprint density at radius 2 is 1.76 bits per heavy atom. The summed E-state index contributed by atoms with van der Waals surface area (Å²) in [5.74, 6) is -3.58. The largest absolute Gasteiger partial charge is 0.481 e.